The third kappa shape index (κ3) is 7.45. The molecule has 1 saturated heterocycles. The molecule has 1 heterocycles. The molecule has 1 aromatic carbocycles. The molecule has 2 heteroatoms. The van der Waals surface area contributed by atoms with E-state index in [1.54, 1.807) is 0 Å². The zero-order chi connectivity index (χ0) is 30.8. The van der Waals surface area contributed by atoms with E-state index in [1.807, 2.05) is 27.7 Å². The Morgan fingerprint density at radius 3 is 1.29 bits per heavy atom. The van der Waals surface area contributed by atoms with Crippen molar-refractivity contribution in [3.63, 3.8) is 0 Å². The van der Waals surface area contributed by atoms with Crippen LogP contribution in [0.1, 0.15) is 150 Å². The Kier molecular flexibility index (Phi) is 12.1. The van der Waals surface area contributed by atoms with Crippen molar-refractivity contribution >= 4 is 0 Å². The summed E-state index contributed by atoms with van der Waals surface area (Å²) in [5.41, 5.74) is 2.65. The third-order valence-corrected chi connectivity index (χ3v) is 10.6. The maximum absolute atomic E-state index is 7.13. The topological polar surface area (TPSA) is 12.5 Å². The van der Waals surface area contributed by atoms with E-state index in [0.717, 1.165) is 13.1 Å². The van der Waals surface area contributed by atoms with Crippen LogP contribution in [0.3, 0.4) is 0 Å². The van der Waals surface area contributed by atoms with Gasteiger partial charge in [-0.05, 0) is 74.8 Å². The molecular formula is C36H69NO. The highest BCUT2D eigenvalue weighted by molar-refractivity contribution is 5.33. The fourth-order valence-corrected chi connectivity index (χ4v) is 4.99. The van der Waals surface area contributed by atoms with Crippen molar-refractivity contribution in [2.24, 2.45) is 16.7 Å². The first-order valence-corrected chi connectivity index (χ1v) is 15.4. The van der Waals surface area contributed by atoms with Gasteiger partial charge in [-0.15, -0.1) is 0 Å². The quantitative estimate of drug-likeness (QED) is 0.347. The van der Waals surface area contributed by atoms with Gasteiger partial charge in [0.2, 0.25) is 0 Å². The fraction of sp³-hybridized carbons (Fsp3) is 0.833. The zero-order valence-corrected chi connectivity index (χ0v) is 29.7. The van der Waals surface area contributed by atoms with Gasteiger partial charge in [0.1, 0.15) is 0 Å². The number of benzene rings is 1. The first kappa shape index (κ1) is 37.1. The van der Waals surface area contributed by atoms with Crippen LogP contribution in [-0.2, 0) is 15.6 Å². The maximum Gasteiger partial charge on any atom is 0.0724 e. The molecule has 2 nitrogen and oxygen atoms in total. The van der Waals surface area contributed by atoms with Crippen molar-refractivity contribution in [1.29, 1.82) is 0 Å². The van der Waals surface area contributed by atoms with Gasteiger partial charge in [0.05, 0.1) is 11.2 Å². The summed E-state index contributed by atoms with van der Waals surface area (Å²) in [6.07, 6.45) is 0. The predicted molar refractivity (Wildman–Crippen MR) is 172 cm³/mol. The molecule has 0 bridgehead atoms. The summed E-state index contributed by atoms with van der Waals surface area (Å²) < 4.78 is 7.13. The summed E-state index contributed by atoms with van der Waals surface area (Å²) in [4.78, 5) is 2.67. The van der Waals surface area contributed by atoms with Crippen molar-refractivity contribution in [2.45, 2.75) is 166 Å². The smallest absolute Gasteiger partial charge is 0.0724 e. The first-order valence-electron chi connectivity index (χ1n) is 15.4. The Morgan fingerprint density at radius 2 is 0.947 bits per heavy atom. The molecule has 0 aliphatic carbocycles. The third-order valence-electron chi connectivity index (χ3n) is 10.6. The lowest BCUT2D eigenvalue weighted by Gasteiger charge is -2.62. The Hall–Kier alpha value is -0.860. The lowest BCUT2D eigenvalue weighted by Crippen LogP contribution is -2.68. The van der Waals surface area contributed by atoms with Crippen molar-refractivity contribution in [3.05, 3.63) is 35.4 Å². The number of hydrogen-bond acceptors (Lipinski definition) is 2. The van der Waals surface area contributed by atoms with E-state index in [2.05, 4.69) is 140 Å². The standard InChI is InChI=1S/C32H57NO.2C2H6/c1-26(2,3)23-17-19-24(20-18-23)28(7,8)31(13,14)34-32(15,16)29(9,10)25-21-33(22-25)30(11,12)27(4,5)6;2*1-2/h17-20,25H,21-22H2,1-16H3;2*1-2H3. The van der Waals surface area contributed by atoms with Crippen LogP contribution in [0, 0.1) is 16.7 Å². The minimum atomic E-state index is -0.328. The molecule has 0 radical (unpaired) electrons. The van der Waals surface area contributed by atoms with Gasteiger partial charge in [-0.25, -0.2) is 0 Å². The van der Waals surface area contributed by atoms with Crippen LogP contribution in [0.15, 0.2) is 24.3 Å². The fourth-order valence-electron chi connectivity index (χ4n) is 4.99. The molecule has 0 unspecified atom stereocenters. The van der Waals surface area contributed by atoms with E-state index in [0.29, 0.717) is 5.92 Å². The van der Waals surface area contributed by atoms with Gasteiger partial charge in [-0.3, -0.25) is 4.90 Å². The van der Waals surface area contributed by atoms with Crippen LogP contribution in [0.25, 0.3) is 0 Å². The minimum absolute atomic E-state index is 0.0565. The highest BCUT2D eigenvalue weighted by atomic mass is 16.5. The summed E-state index contributed by atoms with van der Waals surface area (Å²) in [5, 5.41) is 0. The minimum Gasteiger partial charge on any atom is -0.368 e. The summed E-state index contributed by atoms with van der Waals surface area (Å²) in [5.74, 6) is 0.620. The molecule has 0 spiro atoms. The molecule has 1 aliphatic rings. The molecule has 0 aromatic heterocycles. The Bertz CT molecular complexity index is 835. The molecule has 2 rings (SSSR count). The lowest BCUT2D eigenvalue weighted by atomic mass is 9.62. The van der Waals surface area contributed by atoms with E-state index in [4.69, 9.17) is 4.74 Å². The lowest BCUT2D eigenvalue weighted by molar-refractivity contribution is -0.227. The molecule has 1 fully saturated rings. The number of hydrogen-bond donors (Lipinski definition) is 0. The summed E-state index contributed by atoms with van der Waals surface area (Å²) in [6.45, 7) is 47.6. The zero-order valence-electron chi connectivity index (χ0n) is 29.7. The van der Waals surface area contributed by atoms with E-state index >= 15 is 0 Å². The Morgan fingerprint density at radius 1 is 0.579 bits per heavy atom. The van der Waals surface area contributed by atoms with Crippen molar-refractivity contribution in [1.82, 2.24) is 4.90 Å². The van der Waals surface area contributed by atoms with E-state index in [1.165, 1.54) is 11.1 Å². The van der Waals surface area contributed by atoms with Crippen LogP contribution >= 0.6 is 0 Å². The van der Waals surface area contributed by atoms with Gasteiger partial charge in [0.15, 0.2) is 0 Å². The van der Waals surface area contributed by atoms with Gasteiger partial charge < -0.3 is 4.74 Å². The van der Waals surface area contributed by atoms with Gasteiger partial charge in [0.25, 0.3) is 0 Å². The first-order chi connectivity index (χ1) is 16.9. The van der Waals surface area contributed by atoms with Crippen LogP contribution in [0.4, 0.5) is 0 Å². The van der Waals surface area contributed by atoms with E-state index < -0.39 is 0 Å². The molecule has 0 saturated carbocycles. The average Bonchev–Trinajstić information content (AvgIpc) is 2.73. The highest BCUT2D eigenvalue weighted by Gasteiger charge is 2.55. The van der Waals surface area contributed by atoms with Crippen LogP contribution in [-0.4, -0.2) is 34.7 Å². The highest BCUT2D eigenvalue weighted by Crippen LogP contribution is 2.51. The van der Waals surface area contributed by atoms with Crippen molar-refractivity contribution in [3.8, 4) is 0 Å². The van der Waals surface area contributed by atoms with Crippen LogP contribution in [0.5, 0.6) is 0 Å². The monoisotopic (exact) mass is 532 g/mol. The molecule has 38 heavy (non-hydrogen) atoms. The summed E-state index contributed by atoms with van der Waals surface area (Å²) >= 11 is 0. The van der Waals surface area contributed by atoms with E-state index in [9.17, 15) is 0 Å². The Balaban J connectivity index is 0.00000326. The maximum atomic E-state index is 7.13. The second-order valence-corrected chi connectivity index (χ2v) is 15.7. The van der Waals surface area contributed by atoms with E-state index in [-0.39, 0.29) is 38.4 Å². The predicted octanol–water partition coefficient (Wildman–Crippen LogP) is 10.7. The SMILES string of the molecule is CC.CC.CC(C)(C)c1ccc(C(C)(C)C(C)(C)OC(C)(C)C(C)(C)C2CN(C(C)(C)C(C)(C)C)C2)cc1. The average molecular weight is 532 g/mol. The number of rotatable bonds is 7. The summed E-state index contributed by atoms with van der Waals surface area (Å²) in [7, 11) is 0. The number of ether oxygens (including phenoxy) is 1. The van der Waals surface area contributed by atoms with Crippen LogP contribution in [0.2, 0.25) is 0 Å². The molecule has 0 atom stereocenters. The summed E-state index contributed by atoms with van der Waals surface area (Å²) in [6, 6.07) is 9.20. The van der Waals surface area contributed by atoms with Crippen molar-refractivity contribution in [2.75, 3.05) is 13.1 Å². The second-order valence-electron chi connectivity index (χ2n) is 15.7. The molecule has 224 valence electrons. The van der Waals surface area contributed by atoms with Crippen LogP contribution < -0.4 is 0 Å². The molecular weight excluding hydrogens is 462 g/mol. The largest absolute Gasteiger partial charge is 0.368 e. The van der Waals surface area contributed by atoms with Gasteiger partial charge in [-0.2, -0.15) is 0 Å². The van der Waals surface area contributed by atoms with Crippen molar-refractivity contribution < 1.29 is 4.74 Å². The number of likely N-dealkylation sites (tertiary alicyclic amines) is 1. The van der Waals surface area contributed by atoms with Gasteiger partial charge in [0, 0.05) is 24.0 Å². The molecule has 1 aliphatic heterocycles. The Labute approximate surface area is 240 Å². The molecule has 0 amide bonds. The normalized spacial score (nSPS) is 16.6. The molecule has 1 aromatic rings. The number of nitrogens with zero attached hydrogens (tertiary/aromatic N) is 1. The van der Waals surface area contributed by atoms with Gasteiger partial charge in [-0.1, -0.05) is 121 Å². The molecule has 0 N–H and O–H groups in total. The van der Waals surface area contributed by atoms with Gasteiger partial charge >= 0.3 is 0 Å². The second kappa shape index (κ2) is 12.3.